The Hall–Kier alpha value is -2.83. The molecule has 1 unspecified atom stereocenters. The van der Waals surface area contributed by atoms with E-state index >= 15 is 0 Å². The molecule has 1 aliphatic rings. The van der Waals surface area contributed by atoms with Crippen LogP contribution in [-0.4, -0.2) is 29.6 Å². The number of hydrogen-bond acceptors (Lipinski definition) is 6. The number of hydrogen-bond donors (Lipinski definition) is 2. The number of benzene rings is 1. The number of anilines is 1. The van der Waals surface area contributed by atoms with Crippen molar-refractivity contribution in [3.8, 4) is 0 Å². The number of oxazole rings is 1. The summed E-state index contributed by atoms with van der Waals surface area (Å²) >= 11 is 0. The number of aryl methyl sites for hydroxylation is 2. The minimum absolute atomic E-state index is 0.129. The number of nitrogens with two attached hydrogens (primary N) is 1. The standard InChI is InChI=1S/C17H20N4O3/c1-2-15-21-14(10-23-15)16(22)19-12-6-3-11(4-7-12)5-8-13-9-24-17(18)20-13/h3-4,6-7,10,13H,2,5,8-9H2,1H3,(H2,18,20)(H,19,22). The molecule has 0 aliphatic carbocycles. The first-order chi connectivity index (χ1) is 11.6. The van der Waals surface area contributed by atoms with Gasteiger partial charge in [-0.1, -0.05) is 19.1 Å². The highest BCUT2D eigenvalue weighted by atomic mass is 16.5. The van der Waals surface area contributed by atoms with E-state index in [1.165, 1.54) is 11.8 Å². The minimum atomic E-state index is -0.279. The molecule has 0 bridgehead atoms. The van der Waals surface area contributed by atoms with Gasteiger partial charge in [-0.05, 0) is 30.5 Å². The lowest BCUT2D eigenvalue weighted by Gasteiger charge is -2.07. The Morgan fingerprint density at radius 1 is 1.38 bits per heavy atom. The van der Waals surface area contributed by atoms with Gasteiger partial charge in [0.1, 0.15) is 12.9 Å². The fourth-order valence-electron chi connectivity index (χ4n) is 2.44. The highest BCUT2D eigenvalue weighted by Crippen LogP contribution is 2.15. The molecule has 1 atom stereocenters. The zero-order valence-electron chi connectivity index (χ0n) is 13.5. The van der Waals surface area contributed by atoms with Crippen molar-refractivity contribution in [3.05, 3.63) is 47.7 Å². The molecule has 2 aromatic rings. The molecule has 0 spiro atoms. The summed E-state index contributed by atoms with van der Waals surface area (Å²) in [6.07, 6.45) is 3.79. The van der Waals surface area contributed by atoms with Crippen LogP contribution < -0.4 is 11.1 Å². The fourth-order valence-corrected chi connectivity index (χ4v) is 2.44. The molecular formula is C17H20N4O3. The van der Waals surface area contributed by atoms with E-state index in [-0.39, 0.29) is 23.7 Å². The Morgan fingerprint density at radius 3 is 2.79 bits per heavy atom. The minimum Gasteiger partial charge on any atom is -0.463 e. The molecule has 1 aliphatic heterocycles. The molecule has 24 heavy (non-hydrogen) atoms. The Labute approximate surface area is 139 Å². The first-order valence-corrected chi connectivity index (χ1v) is 7.95. The third-order valence-electron chi connectivity index (χ3n) is 3.80. The van der Waals surface area contributed by atoms with Gasteiger partial charge < -0.3 is 20.2 Å². The smallest absolute Gasteiger partial charge is 0.282 e. The van der Waals surface area contributed by atoms with Crippen molar-refractivity contribution in [1.29, 1.82) is 0 Å². The van der Waals surface area contributed by atoms with Gasteiger partial charge in [0.25, 0.3) is 11.9 Å². The van der Waals surface area contributed by atoms with E-state index < -0.39 is 0 Å². The molecule has 7 nitrogen and oxygen atoms in total. The number of rotatable bonds is 6. The van der Waals surface area contributed by atoms with Gasteiger partial charge in [0.15, 0.2) is 11.6 Å². The van der Waals surface area contributed by atoms with Gasteiger partial charge in [-0.25, -0.2) is 9.98 Å². The van der Waals surface area contributed by atoms with Crippen molar-refractivity contribution in [3.63, 3.8) is 0 Å². The average molecular weight is 328 g/mol. The summed E-state index contributed by atoms with van der Waals surface area (Å²) in [6.45, 7) is 2.47. The molecule has 0 saturated carbocycles. The second-order valence-electron chi connectivity index (χ2n) is 5.60. The molecule has 3 rings (SSSR count). The third-order valence-corrected chi connectivity index (χ3v) is 3.80. The van der Waals surface area contributed by atoms with Crippen molar-refractivity contribution >= 4 is 17.6 Å². The van der Waals surface area contributed by atoms with Crippen molar-refractivity contribution in [2.45, 2.75) is 32.2 Å². The second kappa shape index (κ2) is 7.16. The lowest BCUT2D eigenvalue weighted by Crippen LogP contribution is -2.12. The summed E-state index contributed by atoms with van der Waals surface area (Å²) in [5.74, 6) is 0.272. The quantitative estimate of drug-likeness (QED) is 0.845. The second-order valence-corrected chi connectivity index (χ2v) is 5.60. The molecule has 1 aromatic heterocycles. The molecule has 0 fully saturated rings. The van der Waals surface area contributed by atoms with Gasteiger partial charge in [0.05, 0.1) is 6.04 Å². The van der Waals surface area contributed by atoms with Gasteiger partial charge in [-0.2, -0.15) is 0 Å². The van der Waals surface area contributed by atoms with E-state index in [0.29, 0.717) is 18.9 Å². The third kappa shape index (κ3) is 3.92. The van der Waals surface area contributed by atoms with Crippen LogP contribution in [0.5, 0.6) is 0 Å². The lowest BCUT2D eigenvalue weighted by atomic mass is 10.1. The van der Waals surface area contributed by atoms with Crippen LogP contribution in [0.1, 0.15) is 35.3 Å². The molecule has 1 aromatic carbocycles. The predicted molar refractivity (Wildman–Crippen MR) is 90.0 cm³/mol. The predicted octanol–water partition coefficient (Wildman–Crippen LogP) is 2.14. The molecule has 0 saturated heterocycles. The van der Waals surface area contributed by atoms with E-state index in [0.717, 1.165) is 18.5 Å². The van der Waals surface area contributed by atoms with E-state index in [1.54, 1.807) is 0 Å². The number of carbonyl (C=O) groups is 1. The van der Waals surface area contributed by atoms with Gasteiger partial charge in [-0.15, -0.1) is 0 Å². The summed E-state index contributed by atoms with van der Waals surface area (Å²) in [7, 11) is 0. The summed E-state index contributed by atoms with van der Waals surface area (Å²) in [5, 5.41) is 2.81. The Kier molecular flexibility index (Phi) is 4.79. The topological polar surface area (TPSA) is 103 Å². The molecule has 126 valence electrons. The zero-order valence-corrected chi connectivity index (χ0v) is 13.5. The number of aromatic nitrogens is 1. The summed E-state index contributed by atoms with van der Waals surface area (Å²) in [6, 6.07) is 8.12. The molecular weight excluding hydrogens is 308 g/mol. The molecule has 0 radical (unpaired) electrons. The summed E-state index contributed by atoms with van der Waals surface area (Å²) in [4.78, 5) is 20.4. The first kappa shape index (κ1) is 16.0. The van der Waals surface area contributed by atoms with Crippen LogP contribution in [0.4, 0.5) is 5.69 Å². The Morgan fingerprint density at radius 2 is 2.17 bits per heavy atom. The maximum absolute atomic E-state index is 12.1. The Bertz CT molecular complexity index is 737. The van der Waals surface area contributed by atoms with Crippen molar-refractivity contribution < 1.29 is 13.9 Å². The average Bonchev–Trinajstić information content (AvgIpc) is 3.23. The molecule has 1 amide bonds. The lowest BCUT2D eigenvalue weighted by molar-refractivity contribution is 0.102. The zero-order chi connectivity index (χ0) is 16.9. The highest BCUT2D eigenvalue weighted by molar-refractivity contribution is 6.02. The SMILES string of the molecule is CCc1nc(C(=O)Nc2ccc(CCC3COC(N)=N3)cc2)co1. The number of nitrogens with one attached hydrogen (secondary N) is 1. The maximum Gasteiger partial charge on any atom is 0.282 e. The highest BCUT2D eigenvalue weighted by Gasteiger charge is 2.16. The van der Waals surface area contributed by atoms with E-state index in [4.69, 9.17) is 14.9 Å². The normalized spacial score (nSPS) is 16.5. The van der Waals surface area contributed by atoms with Crippen LogP contribution in [0.2, 0.25) is 0 Å². The molecule has 2 heterocycles. The van der Waals surface area contributed by atoms with Crippen molar-refractivity contribution in [1.82, 2.24) is 4.98 Å². The number of amidine groups is 1. The number of ether oxygens (including phenoxy) is 1. The molecule has 7 heteroatoms. The van der Waals surface area contributed by atoms with Crippen LogP contribution in [0, 0.1) is 0 Å². The van der Waals surface area contributed by atoms with Crippen molar-refractivity contribution in [2.24, 2.45) is 10.7 Å². The number of amides is 1. The van der Waals surface area contributed by atoms with Gasteiger partial charge in [-0.3, -0.25) is 4.79 Å². The first-order valence-electron chi connectivity index (χ1n) is 7.95. The Balaban J connectivity index is 1.53. The van der Waals surface area contributed by atoms with Crippen LogP contribution in [0.15, 0.2) is 39.9 Å². The molecule has 3 N–H and O–H groups in total. The van der Waals surface area contributed by atoms with E-state index in [2.05, 4.69) is 15.3 Å². The number of nitrogens with zero attached hydrogens (tertiary/aromatic N) is 2. The van der Waals surface area contributed by atoms with Crippen LogP contribution in [-0.2, 0) is 17.6 Å². The number of carbonyl (C=O) groups excluding carboxylic acids is 1. The van der Waals surface area contributed by atoms with Crippen molar-refractivity contribution in [2.75, 3.05) is 11.9 Å². The van der Waals surface area contributed by atoms with Gasteiger partial charge in [0, 0.05) is 12.1 Å². The summed E-state index contributed by atoms with van der Waals surface area (Å²) < 4.78 is 10.3. The van der Waals surface area contributed by atoms with Crippen LogP contribution >= 0.6 is 0 Å². The maximum atomic E-state index is 12.1. The summed E-state index contributed by atoms with van der Waals surface area (Å²) in [5.41, 5.74) is 7.67. The van der Waals surface area contributed by atoms with Crippen LogP contribution in [0.3, 0.4) is 0 Å². The van der Waals surface area contributed by atoms with E-state index in [1.807, 2.05) is 31.2 Å². The fraction of sp³-hybridized carbons (Fsp3) is 0.353. The van der Waals surface area contributed by atoms with E-state index in [9.17, 15) is 4.79 Å². The largest absolute Gasteiger partial charge is 0.463 e. The van der Waals surface area contributed by atoms with Gasteiger partial charge >= 0.3 is 0 Å². The van der Waals surface area contributed by atoms with Gasteiger partial charge in [0.2, 0.25) is 0 Å². The monoisotopic (exact) mass is 328 g/mol. The van der Waals surface area contributed by atoms with Crippen LogP contribution in [0.25, 0.3) is 0 Å². The number of aliphatic imine (C=N–C) groups is 1.